The summed E-state index contributed by atoms with van der Waals surface area (Å²) in [5.41, 5.74) is -0.706. The summed E-state index contributed by atoms with van der Waals surface area (Å²) in [6.07, 6.45) is 3.62. The lowest BCUT2D eigenvalue weighted by Crippen LogP contribution is -2.42. The zero-order valence-corrected chi connectivity index (χ0v) is 14.3. The van der Waals surface area contributed by atoms with E-state index < -0.39 is 5.60 Å². The lowest BCUT2D eigenvalue weighted by molar-refractivity contribution is -0.130. The fraction of sp³-hybridized carbons (Fsp3) is 0.533. The number of thioether (sulfide) groups is 1. The molecule has 0 radical (unpaired) electrons. The van der Waals surface area contributed by atoms with E-state index in [-0.39, 0.29) is 11.7 Å². The highest BCUT2D eigenvalue weighted by Gasteiger charge is 2.33. The number of nitrogens with zero attached hydrogens (tertiary/aromatic N) is 1. The van der Waals surface area contributed by atoms with E-state index in [9.17, 15) is 9.90 Å². The number of rotatable bonds is 5. The van der Waals surface area contributed by atoms with Crippen molar-refractivity contribution in [1.29, 1.82) is 0 Å². The van der Waals surface area contributed by atoms with Crippen molar-refractivity contribution in [3.8, 4) is 0 Å². The molecule has 3 nitrogen and oxygen atoms in total. The number of likely N-dealkylation sites (N-methyl/N-ethyl adjacent to an activating group) is 1. The van der Waals surface area contributed by atoms with Crippen molar-refractivity contribution in [1.82, 2.24) is 4.90 Å². The fourth-order valence-corrected chi connectivity index (χ4v) is 3.99. The van der Waals surface area contributed by atoms with Gasteiger partial charge in [-0.15, -0.1) is 11.8 Å². The van der Waals surface area contributed by atoms with Crippen LogP contribution in [0.25, 0.3) is 0 Å². The maximum absolute atomic E-state index is 12.2. The van der Waals surface area contributed by atoms with E-state index in [0.29, 0.717) is 16.6 Å². The average Bonchev–Trinajstić information content (AvgIpc) is 2.85. The van der Waals surface area contributed by atoms with Crippen molar-refractivity contribution < 1.29 is 9.90 Å². The smallest absolute Gasteiger partial charge is 0.232 e. The molecule has 1 N–H and O–H groups in total. The van der Waals surface area contributed by atoms with Crippen LogP contribution in [-0.4, -0.2) is 40.9 Å². The van der Waals surface area contributed by atoms with Gasteiger partial charge in [0.1, 0.15) is 0 Å². The molecule has 0 bridgehead atoms. The molecule has 0 heterocycles. The second-order valence-corrected chi connectivity index (χ2v) is 7.41. The summed E-state index contributed by atoms with van der Waals surface area (Å²) in [4.78, 5) is 14.6. The quantitative estimate of drug-likeness (QED) is 0.822. The Kier molecular flexibility index (Phi) is 5.83. The van der Waals surface area contributed by atoms with Crippen molar-refractivity contribution in [2.45, 2.75) is 36.2 Å². The predicted molar refractivity (Wildman–Crippen MR) is 88.2 cm³/mol. The molecular formula is C15H19Cl2NO2S. The fourth-order valence-electron chi connectivity index (χ4n) is 2.56. The van der Waals surface area contributed by atoms with Gasteiger partial charge in [-0.05, 0) is 31.0 Å². The SMILES string of the molecule is CN(CC1(O)CCCC1)C(=O)CSc1cc(Cl)ccc1Cl. The van der Waals surface area contributed by atoms with Crippen molar-refractivity contribution in [2.24, 2.45) is 0 Å². The first kappa shape index (κ1) is 16.9. The molecule has 0 unspecified atom stereocenters. The van der Waals surface area contributed by atoms with Crippen LogP contribution >= 0.6 is 35.0 Å². The Morgan fingerprint density at radius 2 is 2.05 bits per heavy atom. The summed E-state index contributed by atoms with van der Waals surface area (Å²) in [6.45, 7) is 0.398. The topological polar surface area (TPSA) is 40.5 Å². The van der Waals surface area contributed by atoms with Crippen molar-refractivity contribution in [3.63, 3.8) is 0 Å². The van der Waals surface area contributed by atoms with Crippen LogP contribution in [0.1, 0.15) is 25.7 Å². The summed E-state index contributed by atoms with van der Waals surface area (Å²) in [6, 6.07) is 5.20. The highest BCUT2D eigenvalue weighted by Crippen LogP contribution is 2.31. The third-order valence-electron chi connectivity index (χ3n) is 3.74. The number of benzene rings is 1. The van der Waals surface area contributed by atoms with Gasteiger partial charge in [-0.25, -0.2) is 0 Å². The van der Waals surface area contributed by atoms with Gasteiger partial charge in [-0.1, -0.05) is 36.0 Å². The number of amides is 1. The molecule has 1 fully saturated rings. The summed E-state index contributed by atoms with van der Waals surface area (Å²) >= 11 is 13.4. The number of carbonyl (C=O) groups is 1. The Balaban J connectivity index is 1.87. The molecule has 0 atom stereocenters. The number of halogens is 2. The first-order valence-corrected chi connectivity index (χ1v) is 8.68. The molecular weight excluding hydrogens is 329 g/mol. The van der Waals surface area contributed by atoms with Gasteiger partial charge in [0.05, 0.1) is 16.4 Å². The van der Waals surface area contributed by atoms with Crippen LogP contribution in [0.2, 0.25) is 10.0 Å². The molecule has 0 saturated heterocycles. The van der Waals surface area contributed by atoms with E-state index in [1.54, 1.807) is 30.1 Å². The average molecular weight is 348 g/mol. The largest absolute Gasteiger partial charge is 0.388 e. The Morgan fingerprint density at radius 3 is 2.71 bits per heavy atom. The van der Waals surface area contributed by atoms with Crippen LogP contribution in [-0.2, 0) is 4.79 Å². The molecule has 2 rings (SSSR count). The summed E-state index contributed by atoms with van der Waals surface area (Å²) < 4.78 is 0. The predicted octanol–water partition coefficient (Wildman–Crippen LogP) is 3.85. The molecule has 0 aliphatic heterocycles. The van der Waals surface area contributed by atoms with Gasteiger partial charge in [0, 0.05) is 23.5 Å². The van der Waals surface area contributed by atoms with E-state index in [1.165, 1.54) is 11.8 Å². The van der Waals surface area contributed by atoms with Gasteiger partial charge in [0.25, 0.3) is 0 Å². The number of hydrogen-bond donors (Lipinski definition) is 1. The zero-order valence-electron chi connectivity index (χ0n) is 11.9. The number of aliphatic hydroxyl groups is 1. The Bertz CT molecular complexity index is 518. The first-order valence-electron chi connectivity index (χ1n) is 6.94. The van der Waals surface area contributed by atoms with Gasteiger partial charge in [-0.2, -0.15) is 0 Å². The molecule has 1 aliphatic carbocycles. The molecule has 0 aromatic heterocycles. The lowest BCUT2D eigenvalue weighted by Gasteiger charge is -2.28. The summed E-state index contributed by atoms with van der Waals surface area (Å²) in [5.74, 6) is 0.267. The first-order chi connectivity index (χ1) is 9.89. The van der Waals surface area contributed by atoms with Gasteiger partial charge >= 0.3 is 0 Å². The van der Waals surface area contributed by atoms with E-state index in [0.717, 1.165) is 30.6 Å². The lowest BCUT2D eigenvalue weighted by atomic mass is 10.0. The maximum Gasteiger partial charge on any atom is 0.232 e. The minimum absolute atomic E-state index is 0.0173. The van der Waals surface area contributed by atoms with E-state index in [1.807, 2.05) is 0 Å². The molecule has 1 aromatic rings. The second kappa shape index (κ2) is 7.23. The maximum atomic E-state index is 12.2. The Labute approximate surface area is 139 Å². The molecule has 1 amide bonds. The monoisotopic (exact) mass is 347 g/mol. The molecule has 0 spiro atoms. The minimum atomic E-state index is -0.706. The number of carbonyl (C=O) groups excluding carboxylic acids is 1. The number of hydrogen-bond acceptors (Lipinski definition) is 3. The van der Waals surface area contributed by atoms with Crippen LogP contribution in [0.15, 0.2) is 23.1 Å². The van der Waals surface area contributed by atoms with E-state index >= 15 is 0 Å². The molecule has 1 aliphatic rings. The molecule has 1 aromatic carbocycles. The molecule has 6 heteroatoms. The van der Waals surface area contributed by atoms with Crippen molar-refractivity contribution >= 4 is 40.9 Å². The normalized spacial score (nSPS) is 17.0. The Morgan fingerprint density at radius 1 is 1.38 bits per heavy atom. The second-order valence-electron chi connectivity index (χ2n) is 5.54. The van der Waals surface area contributed by atoms with E-state index in [4.69, 9.17) is 23.2 Å². The third kappa shape index (κ3) is 4.78. The van der Waals surface area contributed by atoms with Crippen LogP contribution in [0, 0.1) is 0 Å². The van der Waals surface area contributed by atoms with Gasteiger partial charge in [0.15, 0.2) is 0 Å². The molecule has 116 valence electrons. The van der Waals surface area contributed by atoms with Gasteiger partial charge in [-0.3, -0.25) is 4.79 Å². The standard InChI is InChI=1S/C15H19Cl2NO2S/c1-18(10-15(20)6-2-3-7-15)14(19)9-21-13-8-11(16)4-5-12(13)17/h4-5,8,20H,2-3,6-7,9-10H2,1H3. The van der Waals surface area contributed by atoms with Gasteiger partial charge < -0.3 is 10.0 Å². The highest BCUT2D eigenvalue weighted by molar-refractivity contribution is 8.00. The van der Waals surface area contributed by atoms with Crippen LogP contribution in [0.3, 0.4) is 0 Å². The van der Waals surface area contributed by atoms with Crippen LogP contribution in [0.4, 0.5) is 0 Å². The van der Waals surface area contributed by atoms with Crippen LogP contribution in [0.5, 0.6) is 0 Å². The van der Waals surface area contributed by atoms with Gasteiger partial charge in [0.2, 0.25) is 5.91 Å². The van der Waals surface area contributed by atoms with Crippen LogP contribution < -0.4 is 0 Å². The summed E-state index contributed by atoms with van der Waals surface area (Å²) in [5, 5.41) is 11.5. The zero-order chi connectivity index (χ0) is 15.5. The Hall–Kier alpha value is -0.420. The highest BCUT2D eigenvalue weighted by atomic mass is 35.5. The molecule has 21 heavy (non-hydrogen) atoms. The van der Waals surface area contributed by atoms with Crippen molar-refractivity contribution in [2.75, 3.05) is 19.3 Å². The van der Waals surface area contributed by atoms with E-state index in [2.05, 4.69) is 0 Å². The third-order valence-corrected chi connectivity index (χ3v) is 5.45. The molecule has 1 saturated carbocycles. The minimum Gasteiger partial charge on any atom is -0.388 e. The van der Waals surface area contributed by atoms with Crippen molar-refractivity contribution in [3.05, 3.63) is 28.2 Å². The summed E-state index contributed by atoms with van der Waals surface area (Å²) in [7, 11) is 1.73.